The second-order valence-electron chi connectivity index (χ2n) is 1.60. The van der Waals surface area contributed by atoms with Crippen molar-refractivity contribution in [2.24, 2.45) is 5.84 Å². The van der Waals surface area contributed by atoms with Crippen LogP contribution in [0.5, 0.6) is 0 Å². The number of amides is 1. The molecule has 54 valence electrons. The minimum absolute atomic E-state index is 0.189. The number of hydrogen-bond acceptors (Lipinski definition) is 3. The first-order valence-corrected chi connectivity index (χ1v) is 3.28. The molecule has 1 aromatic heterocycles. The summed E-state index contributed by atoms with van der Waals surface area (Å²) in [5.74, 6) is 4.59. The molecule has 0 fully saturated rings. The van der Waals surface area contributed by atoms with E-state index < -0.39 is 5.91 Å². The van der Waals surface area contributed by atoms with E-state index in [0.717, 1.165) is 0 Å². The monoisotopic (exact) mass is 204 g/mol. The van der Waals surface area contributed by atoms with Gasteiger partial charge < -0.3 is 4.42 Å². The first-order chi connectivity index (χ1) is 4.74. The molecule has 1 rings (SSSR count). The Labute approximate surface area is 65.5 Å². The summed E-state index contributed by atoms with van der Waals surface area (Å²) in [5.41, 5.74) is 1.94. The van der Waals surface area contributed by atoms with E-state index in [-0.39, 0.29) is 5.76 Å². The Balaban J connectivity index is 2.85. The zero-order valence-corrected chi connectivity index (χ0v) is 6.51. The maximum Gasteiger partial charge on any atom is 0.300 e. The van der Waals surface area contributed by atoms with Crippen molar-refractivity contribution in [2.75, 3.05) is 0 Å². The summed E-state index contributed by atoms with van der Waals surface area (Å²) >= 11 is 3.12. The predicted octanol–water partition coefficient (Wildman–Crippen LogP) is 0.646. The van der Waals surface area contributed by atoms with E-state index in [9.17, 15) is 4.79 Å². The molecule has 1 heterocycles. The Bertz CT molecular complexity index is 246. The van der Waals surface area contributed by atoms with E-state index in [2.05, 4.69) is 15.9 Å². The molecule has 0 unspecified atom stereocenters. The number of furan rings is 1. The fraction of sp³-hybridized carbons (Fsp3) is 0. The third-order valence-electron chi connectivity index (χ3n) is 0.922. The van der Waals surface area contributed by atoms with E-state index in [1.54, 1.807) is 0 Å². The average Bonchev–Trinajstić information content (AvgIpc) is 2.34. The molecule has 3 N–H and O–H groups in total. The second kappa shape index (κ2) is 2.85. The summed E-state index contributed by atoms with van der Waals surface area (Å²) in [6.07, 6.45) is 1.41. The van der Waals surface area contributed by atoms with Crippen LogP contribution in [0, 0.1) is 0 Å². The lowest BCUT2D eigenvalue weighted by Gasteiger charge is -1.90. The van der Waals surface area contributed by atoms with Crippen LogP contribution in [0.2, 0.25) is 0 Å². The molecule has 4 nitrogen and oxygen atoms in total. The van der Waals surface area contributed by atoms with Crippen LogP contribution in [0.25, 0.3) is 0 Å². The number of hydrazine groups is 1. The van der Waals surface area contributed by atoms with Crippen molar-refractivity contribution in [2.45, 2.75) is 0 Å². The highest BCUT2D eigenvalue weighted by atomic mass is 79.9. The van der Waals surface area contributed by atoms with Crippen LogP contribution in [0.1, 0.15) is 10.6 Å². The zero-order valence-electron chi connectivity index (χ0n) is 4.93. The van der Waals surface area contributed by atoms with Crippen molar-refractivity contribution in [3.05, 3.63) is 22.6 Å². The zero-order chi connectivity index (χ0) is 7.56. The van der Waals surface area contributed by atoms with Crippen LogP contribution in [-0.2, 0) is 0 Å². The van der Waals surface area contributed by atoms with Gasteiger partial charge in [-0.3, -0.25) is 10.2 Å². The number of nitrogens with one attached hydrogen (secondary N) is 1. The lowest BCUT2D eigenvalue weighted by Crippen LogP contribution is -2.29. The van der Waals surface area contributed by atoms with Gasteiger partial charge in [0.05, 0.1) is 4.47 Å². The summed E-state index contributed by atoms with van der Waals surface area (Å²) in [5, 5.41) is 0. The van der Waals surface area contributed by atoms with E-state index in [0.29, 0.717) is 4.47 Å². The Hall–Kier alpha value is -0.810. The molecule has 0 spiro atoms. The number of nitrogens with two attached hydrogens (primary N) is 1. The van der Waals surface area contributed by atoms with Crippen molar-refractivity contribution in [3.63, 3.8) is 0 Å². The van der Waals surface area contributed by atoms with Gasteiger partial charge in [0.2, 0.25) is 0 Å². The quantitative estimate of drug-likeness (QED) is 0.401. The molecule has 1 aromatic rings. The van der Waals surface area contributed by atoms with Gasteiger partial charge in [-0.05, 0) is 15.9 Å². The minimum atomic E-state index is -0.439. The Kier molecular flexibility index (Phi) is 2.08. The van der Waals surface area contributed by atoms with E-state index in [1.807, 2.05) is 5.43 Å². The lowest BCUT2D eigenvalue weighted by molar-refractivity contribution is 0.0926. The van der Waals surface area contributed by atoms with Crippen LogP contribution in [-0.4, -0.2) is 5.91 Å². The largest absolute Gasteiger partial charge is 0.458 e. The number of carbonyl (C=O) groups excluding carboxylic acids is 1. The second-order valence-corrected chi connectivity index (χ2v) is 2.52. The van der Waals surface area contributed by atoms with Crippen molar-refractivity contribution in [3.8, 4) is 0 Å². The third kappa shape index (κ3) is 1.37. The van der Waals surface area contributed by atoms with Crippen molar-refractivity contribution in [1.29, 1.82) is 0 Å². The number of hydrogen-bond donors (Lipinski definition) is 2. The van der Waals surface area contributed by atoms with E-state index in [4.69, 9.17) is 10.3 Å². The van der Waals surface area contributed by atoms with Gasteiger partial charge in [-0.2, -0.15) is 0 Å². The van der Waals surface area contributed by atoms with Crippen LogP contribution in [0.3, 0.4) is 0 Å². The molecule has 0 atom stereocenters. The average molecular weight is 205 g/mol. The summed E-state index contributed by atoms with van der Waals surface area (Å²) < 4.78 is 5.49. The van der Waals surface area contributed by atoms with Crippen molar-refractivity contribution in [1.82, 2.24) is 5.43 Å². The van der Waals surface area contributed by atoms with Crippen molar-refractivity contribution >= 4 is 21.8 Å². The summed E-state index contributed by atoms with van der Waals surface area (Å²) in [7, 11) is 0. The van der Waals surface area contributed by atoms with Crippen LogP contribution >= 0.6 is 15.9 Å². The van der Waals surface area contributed by atoms with Gasteiger partial charge in [-0.1, -0.05) is 0 Å². The minimum Gasteiger partial charge on any atom is -0.458 e. The van der Waals surface area contributed by atoms with Gasteiger partial charge in [-0.15, -0.1) is 0 Å². The molecule has 0 saturated heterocycles. The fourth-order valence-corrected chi connectivity index (χ4v) is 0.805. The van der Waals surface area contributed by atoms with Gasteiger partial charge in [0.25, 0.3) is 0 Å². The number of rotatable bonds is 1. The maximum absolute atomic E-state index is 10.7. The molecule has 5 heteroatoms. The van der Waals surface area contributed by atoms with Gasteiger partial charge in [-0.25, -0.2) is 5.84 Å². The Morgan fingerprint density at radius 2 is 2.50 bits per heavy atom. The molecular weight excluding hydrogens is 200 g/mol. The molecular formula is C5H5BrN2O2. The lowest BCUT2D eigenvalue weighted by atomic mass is 10.4. The number of halogens is 1. The maximum atomic E-state index is 10.7. The molecule has 0 aliphatic rings. The molecule has 10 heavy (non-hydrogen) atoms. The van der Waals surface area contributed by atoms with Gasteiger partial charge in [0.15, 0.2) is 5.76 Å². The topological polar surface area (TPSA) is 68.3 Å². The first-order valence-electron chi connectivity index (χ1n) is 2.49. The third-order valence-corrected chi connectivity index (χ3v) is 1.34. The Morgan fingerprint density at radius 3 is 2.90 bits per heavy atom. The van der Waals surface area contributed by atoms with Gasteiger partial charge in [0, 0.05) is 6.07 Å². The Morgan fingerprint density at radius 1 is 1.80 bits per heavy atom. The molecule has 0 saturated carbocycles. The molecule has 1 amide bonds. The first kappa shape index (κ1) is 7.30. The summed E-state index contributed by atoms with van der Waals surface area (Å²) in [6, 6.07) is 1.53. The highest BCUT2D eigenvalue weighted by molar-refractivity contribution is 9.10. The molecule has 0 aliphatic carbocycles. The summed E-state index contributed by atoms with van der Waals surface area (Å²) in [4.78, 5) is 10.7. The smallest absolute Gasteiger partial charge is 0.300 e. The molecule has 0 radical (unpaired) electrons. The highest BCUT2D eigenvalue weighted by Gasteiger charge is 2.06. The SMILES string of the molecule is NNC(=O)c1cc(Br)co1. The van der Waals surface area contributed by atoms with Crippen LogP contribution in [0.4, 0.5) is 0 Å². The normalized spacial score (nSPS) is 9.40. The number of carbonyl (C=O) groups is 1. The highest BCUT2D eigenvalue weighted by Crippen LogP contribution is 2.13. The van der Waals surface area contributed by atoms with E-state index in [1.165, 1.54) is 12.3 Å². The summed E-state index contributed by atoms with van der Waals surface area (Å²) in [6.45, 7) is 0. The van der Waals surface area contributed by atoms with Crippen LogP contribution in [0.15, 0.2) is 21.2 Å². The predicted molar refractivity (Wildman–Crippen MR) is 38.1 cm³/mol. The van der Waals surface area contributed by atoms with Gasteiger partial charge in [0.1, 0.15) is 6.26 Å². The van der Waals surface area contributed by atoms with Gasteiger partial charge >= 0.3 is 5.91 Å². The van der Waals surface area contributed by atoms with Crippen molar-refractivity contribution < 1.29 is 9.21 Å². The fourth-order valence-electron chi connectivity index (χ4n) is 0.503. The molecule has 0 aliphatic heterocycles. The molecule has 0 bridgehead atoms. The van der Waals surface area contributed by atoms with Crippen LogP contribution < -0.4 is 11.3 Å². The molecule has 0 aromatic carbocycles. The van der Waals surface area contributed by atoms with E-state index >= 15 is 0 Å². The standard InChI is InChI=1S/C5H5BrN2O2/c6-3-1-4(10-2-3)5(9)8-7/h1-2H,7H2,(H,8,9). The number of nitrogen functional groups attached to an aromatic ring is 1.